The van der Waals surface area contributed by atoms with Gasteiger partial charge in [0.25, 0.3) is 0 Å². The third-order valence-electron chi connectivity index (χ3n) is 1.83. The van der Waals surface area contributed by atoms with E-state index in [2.05, 4.69) is 27.8 Å². The summed E-state index contributed by atoms with van der Waals surface area (Å²) in [7, 11) is 0. The number of hydrogen-bond donors (Lipinski definition) is 0. The van der Waals surface area contributed by atoms with Gasteiger partial charge in [-0.15, -0.1) is 0 Å². The molecule has 1 aromatic rings. The summed E-state index contributed by atoms with van der Waals surface area (Å²) in [4.78, 5) is 4.09. The molecule has 0 radical (unpaired) electrons. The second kappa shape index (κ2) is 7.65. The molecule has 0 bridgehead atoms. The third kappa shape index (κ3) is 5.14. The first-order chi connectivity index (χ1) is 7.34. The van der Waals surface area contributed by atoms with Gasteiger partial charge in [0.2, 0.25) is 5.88 Å². The van der Waals surface area contributed by atoms with E-state index in [-0.39, 0.29) is 0 Å². The zero-order chi connectivity index (χ0) is 10.9. The number of unbranched alkanes of at least 4 members (excludes halogenated alkanes) is 1. The fourth-order valence-electron chi connectivity index (χ4n) is 1.02. The number of ether oxygens (including phenoxy) is 2. The van der Waals surface area contributed by atoms with Crippen molar-refractivity contribution in [2.75, 3.05) is 19.8 Å². The van der Waals surface area contributed by atoms with Crippen LogP contribution in [0.25, 0.3) is 0 Å². The van der Waals surface area contributed by atoms with Crippen LogP contribution in [0.2, 0.25) is 0 Å². The molecule has 1 rings (SSSR count). The molecule has 0 aromatic carbocycles. The average Bonchev–Trinajstić information content (AvgIpc) is 2.25. The monoisotopic (exact) mass is 273 g/mol. The SMILES string of the molecule is CCCCOCCOc1ncccc1Br. The molecular weight excluding hydrogens is 258 g/mol. The Balaban J connectivity index is 2.12. The molecular formula is C11H16BrNO2. The van der Waals surface area contributed by atoms with Gasteiger partial charge >= 0.3 is 0 Å². The van der Waals surface area contributed by atoms with Crippen molar-refractivity contribution in [3.05, 3.63) is 22.8 Å². The molecule has 0 atom stereocenters. The minimum absolute atomic E-state index is 0.541. The van der Waals surface area contributed by atoms with Gasteiger partial charge in [0.1, 0.15) is 6.61 Å². The number of pyridine rings is 1. The molecule has 84 valence electrons. The van der Waals surface area contributed by atoms with Crippen molar-refractivity contribution in [1.82, 2.24) is 4.98 Å². The summed E-state index contributed by atoms with van der Waals surface area (Å²) in [6.07, 6.45) is 3.97. The molecule has 0 spiro atoms. The van der Waals surface area contributed by atoms with Crippen LogP contribution in [0.3, 0.4) is 0 Å². The van der Waals surface area contributed by atoms with Crippen LogP contribution in [0.1, 0.15) is 19.8 Å². The first-order valence-electron chi connectivity index (χ1n) is 5.15. The Hall–Kier alpha value is -0.610. The molecule has 0 unspecified atom stereocenters. The Kier molecular flexibility index (Phi) is 6.36. The summed E-state index contributed by atoms with van der Waals surface area (Å²) in [5.41, 5.74) is 0. The van der Waals surface area contributed by atoms with E-state index >= 15 is 0 Å². The van der Waals surface area contributed by atoms with Crippen LogP contribution in [0.5, 0.6) is 5.88 Å². The number of nitrogens with zero attached hydrogens (tertiary/aromatic N) is 1. The predicted octanol–water partition coefficient (Wildman–Crippen LogP) is 3.04. The smallest absolute Gasteiger partial charge is 0.228 e. The van der Waals surface area contributed by atoms with Crippen molar-refractivity contribution < 1.29 is 9.47 Å². The van der Waals surface area contributed by atoms with Crippen molar-refractivity contribution >= 4 is 15.9 Å². The largest absolute Gasteiger partial charge is 0.474 e. The molecule has 0 N–H and O–H groups in total. The molecule has 0 fully saturated rings. The molecule has 1 aromatic heterocycles. The molecule has 4 heteroatoms. The van der Waals surface area contributed by atoms with E-state index in [0.717, 1.165) is 23.9 Å². The Morgan fingerprint density at radius 2 is 2.20 bits per heavy atom. The average molecular weight is 274 g/mol. The molecule has 0 aliphatic carbocycles. The van der Waals surface area contributed by atoms with E-state index in [0.29, 0.717) is 19.1 Å². The summed E-state index contributed by atoms with van der Waals surface area (Å²) < 4.78 is 11.7. The topological polar surface area (TPSA) is 31.4 Å². The molecule has 0 aliphatic rings. The standard InChI is InChI=1S/C11H16BrNO2/c1-2-3-7-14-8-9-15-11-10(12)5-4-6-13-11/h4-6H,2-3,7-9H2,1H3. The van der Waals surface area contributed by atoms with Crippen molar-refractivity contribution in [1.29, 1.82) is 0 Å². The quantitative estimate of drug-likeness (QED) is 0.716. The van der Waals surface area contributed by atoms with Crippen molar-refractivity contribution in [2.45, 2.75) is 19.8 Å². The lowest BCUT2D eigenvalue weighted by Crippen LogP contribution is -2.08. The molecule has 1 heterocycles. The van der Waals surface area contributed by atoms with E-state index in [1.54, 1.807) is 6.20 Å². The van der Waals surface area contributed by atoms with Crippen molar-refractivity contribution in [3.8, 4) is 5.88 Å². The number of hydrogen-bond acceptors (Lipinski definition) is 3. The highest BCUT2D eigenvalue weighted by Crippen LogP contribution is 2.20. The van der Waals surface area contributed by atoms with Crippen LogP contribution in [0, 0.1) is 0 Å². The maximum absolute atomic E-state index is 5.43. The fourth-order valence-corrected chi connectivity index (χ4v) is 1.39. The zero-order valence-electron chi connectivity index (χ0n) is 8.91. The van der Waals surface area contributed by atoms with Gasteiger partial charge in [-0.2, -0.15) is 0 Å². The Morgan fingerprint density at radius 3 is 2.93 bits per heavy atom. The molecule has 0 aliphatic heterocycles. The first kappa shape index (κ1) is 12.5. The molecule has 0 saturated heterocycles. The van der Waals surface area contributed by atoms with Crippen LogP contribution < -0.4 is 4.74 Å². The lowest BCUT2D eigenvalue weighted by Gasteiger charge is -2.06. The Morgan fingerprint density at radius 1 is 1.33 bits per heavy atom. The summed E-state index contributed by atoms with van der Waals surface area (Å²) in [6.45, 7) is 4.11. The minimum atomic E-state index is 0.541. The number of rotatable bonds is 7. The van der Waals surface area contributed by atoms with Gasteiger partial charge in [0.15, 0.2) is 0 Å². The zero-order valence-corrected chi connectivity index (χ0v) is 10.5. The van der Waals surface area contributed by atoms with E-state index in [9.17, 15) is 0 Å². The van der Waals surface area contributed by atoms with Gasteiger partial charge in [0.05, 0.1) is 11.1 Å². The van der Waals surface area contributed by atoms with Crippen LogP contribution in [-0.4, -0.2) is 24.8 Å². The van der Waals surface area contributed by atoms with Crippen LogP contribution >= 0.6 is 15.9 Å². The highest BCUT2D eigenvalue weighted by molar-refractivity contribution is 9.10. The van der Waals surface area contributed by atoms with Crippen molar-refractivity contribution in [2.24, 2.45) is 0 Å². The van der Waals surface area contributed by atoms with E-state index in [4.69, 9.17) is 9.47 Å². The van der Waals surface area contributed by atoms with Crippen LogP contribution in [0.4, 0.5) is 0 Å². The van der Waals surface area contributed by atoms with Gasteiger partial charge in [-0.05, 0) is 34.5 Å². The Bertz CT molecular complexity index is 281. The maximum atomic E-state index is 5.43. The van der Waals surface area contributed by atoms with Gasteiger partial charge in [0, 0.05) is 12.8 Å². The Labute approximate surface area is 98.9 Å². The van der Waals surface area contributed by atoms with Gasteiger partial charge in [-0.1, -0.05) is 13.3 Å². The first-order valence-corrected chi connectivity index (χ1v) is 5.95. The summed E-state index contributed by atoms with van der Waals surface area (Å²) >= 11 is 3.36. The van der Waals surface area contributed by atoms with E-state index in [1.165, 1.54) is 0 Å². The summed E-state index contributed by atoms with van der Waals surface area (Å²) in [5, 5.41) is 0. The highest BCUT2D eigenvalue weighted by atomic mass is 79.9. The summed E-state index contributed by atoms with van der Waals surface area (Å²) in [5.74, 6) is 0.622. The molecule has 0 amide bonds. The fraction of sp³-hybridized carbons (Fsp3) is 0.545. The van der Waals surface area contributed by atoms with Crippen LogP contribution in [-0.2, 0) is 4.74 Å². The number of halogens is 1. The third-order valence-corrected chi connectivity index (χ3v) is 2.44. The minimum Gasteiger partial charge on any atom is -0.474 e. The van der Waals surface area contributed by atoms with Crippen LogP contribution in [0.15, 0.2) is 22.8 Å². The predicted molar refractivity (Wildman–Crippen MR) is 63.2 cm³/mol. The van der Waals surface area contributed by atoms with E-state index < -0.39 is 0 Å². The molecule has 15 heavy (non-hydrogen) atoms. The van der Waals surface area contributed by atoms with Crippen molar-refractivity contribution in [3.63, 3.8) is 0 Å². The molecule has 3 nitrogen and oxygen atoms in total. The van der Waals surface area contributed by atoms with Gasteiger partial charge < -0.3 is 9.47 Å². The van der Waals surface area contributed by atoms with Gasteiger partial charge in [-0.25, -0.2) is 4.98 Å². The number of aromatic nitrogens is 1. The summed E-state index contributed by atoms with van der Waals surface area (Å²) in [6, 6.07) is 3.76. The lowest BCUT2D eigenvalue weighted by molar-refractivity contribution is 0.0962. The van der Waals surface area contributed by atoms with E-state index in [1.807, 2.05) is 12.1 Å². The normalized spacial score (nSPS) is 10.3. The van der Waals surface area contributed by atoms with Gasteiger partial charge in [-0.3, -0.25) is 0 Å². The maximum Gasteiger partial charge on any atom is 0.228 e. The lowest BCUT2D eigenvalue weighted by atomic mass is 10.4. The highest BCUT2D eigenvalue weighted by Gasteiger charge is 1.99. The second-order valence-corrected chi connectivity index (χ2v) is 3.96. The molecule has 0 saturated carbocycles. The second-order valence-electron chi connectivity index (χ2n) is 3.10.